The summed E-state index contributed by atoms with van der Waals surface area (Å²) >= 11 is 0. The van der Waals surface area contributed by atoms with E-state index < -0.39 is 17.7 Å². The zero-order valence-corrected chi connectivity index (χ0v) is 17.3. The van der Waals surface area contributed by atoms with Gasteiger partial charge in [0.15, 0.2) is 0 Å². The van der Waals surface area contributed by atoms with Crippen molar-refractivity contribution < 1.29 is 14.6 Å². The average Bonchev–Trinajstić information content (AvgIpc) is 2.59. The molecule has 7 nitrogen and oxygen atoms in total. The van der Waals surface area contributed by atoms with Crippen molar-refractivity contribution in [3.8, 4) is 5.88 Å². The number of aromatic hydroxyl groups is 1. The molecule has 1 aromatic carbocycles. The van der Waals surface area contributed by atoms with Gasteiger partial charge in [0.05, 0.1) is 18.2 Å². The first-order valence-electron chi connectivity index (χ1n) is 9.33. The molecule has 2 N–H and O–H groups in total. The van der Waals surface area contributed by atoms with Crippen LogP contribution in [0.5, 0.6) is 5.88 Å². The fourth-order valence-electron chi connectivity index (χ4n) is 2.77. The number of alkyl carbamates (subject to hydrolysis) is 1. The second-order valence-electron chi connectivity index (χ2n) is 8.16. The number of hydrogen-bond acceptors (Lipinski definition) is 5. The minimum absolute atomic E-state index is 0.0939. The van der Waals surface area contributed by atoms with Crippen LogP contribution in [-0.4, -0.2) is 26.4 Å². The van der Waals surface area contributed by atoms with Gasteiger partial charge in [-0.25, -0.2) is 4.79 Å². The van der Waals surface area contributed by atoms with Gasteiger partial charge in [0, 0.05) is 0 Å². The molecule has 0 saturated heterocycles. The van der Waals surface area contributed by atoms with Gasteiger partial charge in [0.1, 0.15) is 11.4 Å². The van der Waals surface area contributed by atoms with E-state index in [0.29, 0.717) is 0 Å². The van der Waals surface area contributed by atoms with Crippen LogP contribution in [0.4, 0.5) is 4.79 Å². The molecule has 0 radical (unpaired) electrons. The third-order valence-corrected chi connectivity index (χ3v) is 4.20. The minimum atomic E-state index is -0.655. The van der Waals surface area contributed by atoms with E-state index in [1.54, 1.807) is 20.8 Å². The molecule has 152 valence electrons. The molecular weight excluding hydrogens is 358 g/mol. The summed E-state index contributed by atoms with van der Waals surface area (Å²) in [5.74, 6) is -0.137. The Kier molecular flexibility index (Phi) is 6.48. The standard InChI is InChI=1S/C21H29N3O4/c1-13(2)16(22-20(27)28-21(4,5)6)17-23-18(25)14(3)19(26)24(17)12-15-10-8-7-9-11-15/h7-11,13,16,25H,12H2,1-6H3,(H,22,27). The second kappa shape index (κ2) is 8.46. The van der Waals surface area contributed by atoms with Gasteiger partial charge in [-0.05, 0) is 39.2 Å². The molecule has 7 heteroatoms. The maximum absolute atomic E-state index is 12.9. The van der Waals surface area contributed by atoms with Gasteiger partial charge in [0.25, 0.3) is 5.56 Å². The number of nitrogens with zero attached hydrogens (tertiary/aromatic N) is 2. The third kappa shape index (κ3) is 5.34. The van der Waals surface area contributed by atoms with Crippen LogP contribution in [-0.2, 0) is 11.3 Å². The van der Waals surface area contributed by atoms with E-state index in [1.165, 1.54) is 11.5 Å². The first-order valence-corrected chi connectivity index (χ1v) is 9.33. The van der Waals surface area contributed by atoms with Crippen LogP contribution in [0.15, 0.2) is 35.1 Å². The smallest absolute Gasteiger partial charge is 0.408 e. The van der Waals surface area contributed by atoms with Crippen LogP contribution >= 0.6 is 0 Å². The molecule has 28 heavy (non-hydrogen) atoms. The topological polar surface area (TPSA) is 93.4 Å². The first kappa shape index (κ1) is 21.5. The van der Waals surface area contributed by atoms with Crippen molar-refractivity contribution in [2.45, 2.75) is 59.7 Å². The Hall–Kier alpha value is -2.83. The molecular formula is C21H29N3O4. The molecule has 2 aromatic rings. The maximum Gasteiger partial charge on any atom is 0.408 e. The van der Waals surface area contributed by atoms with E-state index in [2.05, 4.69) is 10.3 Å². The molecule has 0 aliphatic rings. The van der Waals surface area contributed by atoms with Crippen molar-refractivity contribution >= 4 is 6.09 Å². The van der Waals surface area contributed by atoms with Crippen LogP contribution in [0.3, 0.4) is 0 Å². The Labute approximate surface area is 165 Å². The third-order valence-electron chi connectivity index (χ3n) is 4.20. The van der Waals surface area contributed by atoms with Gasteiger partial charge in [-0.1, -0.05) is 44.2 Å². The molecule has 1 aromatic heterocycles. The number of carbonyl (C=O) groups is 1. The Bertz CT molecular complexity index is 883. The van der Waals surface area contributed by atoms with Crippen molar-refractivity contribution in [1.82, 2.24) is 14.9 Å². The highest BCUT2D eigenvalue weighted by atomic mass is 16.6. The number of hydrogen-bond donors (Lipinski definition) is 2. The van der Waals surface area contributed by atoms with Crippen LogP contribution in [0.2, 0.25) is 0 Å². The predicted molar refractivity (Wildman–Crippen MR) is 107 cm³/mol. The molecule has 0 fully saturated rings. The van der Waals surface area contributed by atoms with E-state index in [-0.39, 0.29) is 35.3 Å². The average molecular weight is 387 g/mol. The second-order valence-corrected chi connectivity index (χ2v) is 8.16. The lowest BCUT2D eigenvalue weighted by Crippen LogP contribution is -2.40. The number of nitrogens with one attached hydrogen (secondary N) is 1. The Morgan fingerprint density at radius 2 is 1.86 bits per heavy atom. The van der Waals surface area contributed by atoms with Gasteiger partial charge in [0.2, 0.25) is 5.88 Å². The van der Waals surface area contributed by atoms with Crippen molar-refractivity contribution in [3.05, 3.63) is 57.6 Å². The van der Waals surface area contributed by atoms with Gasteiger partial charge in [-0.15, -0.1) is 0 Å². The molecule has 0 aliphatic heterocycles. The van der Waals surface area contributed by atoms with E-state index in [0.717, 1.165) is 5.56 Å². The summed E-state index contributed by atoms with van der Waals surface area (Å²) in [6, 6.07) is 8.87. The summed E-state index contributed by atoms with van der Waals surface area (Å²) in [6.45, 7) is 10.9. The quantitative estimate of drug-likeness (QED) is 0.819. The molecule has 1 heterocycles. The normalized spacial score (nSPS) is 12.7. The monoisotopic (exact) mass is 387 g/mol. The van der Waals surface area contributed by atoms with E-state index >= 15 is 0 Å². The highest BCUT2D eigenvalue weighted by Crippen LogP contribution is 2.23. The zero-order valence-electron chi connectivity index (χ0n) is 17.3. The summed E-state index contributed by atoms with van der Waals surface area (Å²) < 4.78 is 6.85. The fraction of sp³-hybridized carbons (Fsp3) is 0.476. The van der Waals surface area contributed by atoms with Crippen molar-refractivity contribution in [1.29, 1.82) is 0 Å². The lowest BCUT2D eigenvalue weighted by Gasteiger charge is -2.27. The van der Waals surface area contributed by atoms with Gasteiger partial charge in [-0.2, -0.15) is 4.98 Å². The molecule has 0 spiro atoms. The number of carbonyl (C=O) groups excluding carboxylic acids is 1. The molecule has 0 aliphatic carbocycles. The molecule has 1 amide bonds. The van der Waals surface area contributed by atoms with Crippen molar-refractivity contribution in [2.75, 3.05) is 0 Å². The van der Waals surface area contributed by atoms with E-state index in [4.69, 9.17) is 4.74 Å². The molecule has 0 saturated carbocycles. The number of amides is 1. The zero-order chi connectivity index (χ0) is 21.1. The number of aromatic nitrogens is 2. The summed E-state index contributed by atoms with van der Waals surface area (Å²) in [7, 11) is 0. The summed E-state index contributed by atoms with van der Waals surface area (Å²) in [6.07, 6.45) is -0.605. The summed E-state index contributed by atoms with van der Waals surface area (Å²) in [4.78, 5) is 29.5. The lowest BCUT2D eigenvalue weighted by molar-refractivity contribution is 0.0484. The summed E-state index contributed by atoms with van der Waals surface area (Å²) in [5.41, 5.74) is 0.0815. The number of benzene rings is 1. The maximum atomic E-state index is 12.9. The predicted octanol–water partition coefficient (Wildman–Crippen LogP) is 3.53. The SMILES string of the molecule is Cc1c(O)nc(C(NC(=O)OC(C)(C)C)C(C)C)n(Cc2ccccc2)c1=O. The van der Waals surface area contributed by atoms with Gasteiger partial charge < -0.3 is 15.2 Å². The van der Waals surface area contributed by atoms with Crippen LogP contribution in [0.25, 0.3) is 0 Å². The minimum Gasteiger partial charge on any atom is -0.493 e. The Morgan fingerprint density at radius 3 is 2.39 bits per heavy atom. The van der Waals surface area contributed by atoms with Gasteiger partial charge in [-0.3, -0.25) is 9.36 Å². The number of ether oxygens (including phenoxy) is 1. The fourth-order valence-corrected chi connectivity index (χ4v) is 2.77. The highest BCUT2D eigenvalue weighted by Gasteiger charge is 2.28. The first-order chi connectivity index (χ1) is 13.0. The van der Waals surface area contributed by atoms with Crippen molar-refractivity contribution in [3.63, 3.8) is 0 Å². The summed E-state index contributed by atoms with van der Waals surface area (Å²) in [5, 5.41) is 12.9. The van der Waals surface area contributed by atoms with Crippen molar-refractivity contribution in [2.24, 2.45) is 5.92 Å². The van der Waals surface area contributed by atoms with Crippen LogP contribution in [0.1, 0.15) is 57.6 Å². The largest absolute Gasteiger partial charge is 0.493 e. The number of rotatable bonds is 5. The van der Waals surface area contributed by atoms with E-state index in [1.807, 2.05) is 44.2 Å². The van der Waals surface area contributed by atoms with E-state index in [9.17, 15) is 14.7 Å². The Balaban J connectivity index is 2.50. The molecule has 1 atom stereocenters. The Morgan fingerprint density at radius 1 is 1.25 bits per heavy atom. The van der Waals surface area contributed by atoms with Crippen LogP contribution in [0, 0.1) is 12.8 Å². The molecule has 0 bridgehead atoms. The van der Waals surface area contributed by atoms with Gasteiger partial charge >= 0.3 is 6.09 Å². The molecule has 2 rings (SSSR count). The van der Waals surface area contributed by atoms with Crippen LogP contribution < -0.4 is 10.9 Å². The lowest BCUT2D eigenvalue weighted by atomic mass is 10.0. The molecule has 1 unspecified atom stereocenters. The highest BCUT2D eigenvalue weighted by molar-refractivity contribution is 5.68.